The number of carbonyl (C=O) groups excluding carboxylic acids is 2. The first-order chi connectivity index (χ1) is 12.8. The lowest BCUT2D eigenvalue weighted by molar-refractivity contribution is -0.136. The number of amides is 2. The highest BCUT2D eigenvalue weighted by atomic mass is 16.5. The lowest BCUT2D eigenvalue weighted by Crippen LogP contribution is -2.37. The molecule has 1 aliphatic rings. The maximum absolute atomic E-state index is 12.2. The molecule has 1 aromatic carbocycles. The van der Waals surface area contributed by atoms with Crippen molar-refractivity contribution in [2.45, 2.75) is 33.7 Å². The van der Waals surface area contributed by atoms with E-state index in [1.807, 2.05) is 51.1 Å². The predicted octanol–water partition coefficient (Wildman–Crippen LogP) is 3.46. The summed E-state index contributed by atoms with van der Waals surface area (Å²) in [6.07, 6.45) is 0.686. The number of ether oxygens (including phenoxy) is 1. The van der Waals surface area contributed by atoms with Gasteiger partial charge >= 0.3 is 0 Å². The van der Waals surface area contributed by atoms with Gasteiger partial charge in [0, 0.05) is 48.8 Å². The number of benzene rings is 1. The van der Waals surface area contributed by atoms with Crippen molar-refractivity contribution in [1.82, 2.24) is 4.90 Å². The van der Waals surface area contributed by atoms with Crippen molar-refractivity contribution < 1.29 is 18.7 Å². The van der Waals surface area contributed by atoms with E-state index in [1.54, 1.807) is 4.90 Å². The summed E-state index contributed by atoms with van der Waals surface area (Å²) < 4.78 is 11.0. The smallest absolute Gasteiger partial charge is 0.248 e. The van der Waals surface area contributed by atoms with Crippen LogP contribution in [-0.4, -0.2) is 37.0 Å². The van der Waals surface area contributed by atoms with Crippen LogP contribution in [-0.2, 0) is 27.3 Å². The van der Waals surface area contributed by atoms with Gasteiger partial charge in [0.25, 0.3) is 0 Å². The summed E-state index contributed by atoms with van der Waals surface area (Å²) in [5.74, 6) is 1.60. The molecular formula is C21H26N2O4. The highest BCUT2D eigenvalue weighted by molar-refractivity contribution is 5.95. The molecule has 0 bridgehead atoms. The van der Waals surface area contributed by atoms with E-state index in [0.29, 0.717) is 19.5 Å². The van der Waals surface area contributed by atoms with Crippen molar-refractivity contribution in [1.29, 1.82) is 0 Å². The van der Waals surface area contributed by atoms with Crippen molar-refractivity contribution in [3.63, 3.8) is 0 Å². The molecule has 1 aliphatic heterocycles. The molecule has 2 aromatic rings. The number of fused-ring (bicyclic) bond motifs is 1. The molecule has 1 N–H and O–H groups in total. The van der Waals surface area contributed by atoms with Crippen LogP contribution in [0.1, 0.15) is 32.1 Å². The fraction of sp³-hybridized carbons (Fsp3) is 0.429. The van der Waals surface area contributed by atoms with E-state index in [4.69, 9.17) is 9.15 Å². The summed E-state index contributed by atoms with van der Waals surface area (Å²) >= 11 is 0. The third-order valence-corrected chi connectivity index (χ3v) is 4.57. The molecule has 0 atom stereocenters. The topological polar surface area (TPSA) is 71.8 Å². The van der Waals surface area contributed by atoms with Crippen LogP contribution in [0.15, 0.2) is 34.7 Å². The molecule has 0 spiro atoms. The van der Waals surface area contributed by atoms with Gasteiger partial charge in [0.05, 0.1) is 0 Å². The molecule has 0 saturated heterocycles. The minimum atomic E-state index is -0.460. The predicted molar refractivity (Wildman–Crippen MR) is 103 cm³/mol. The van der Waals surface area contributed by atoms with E-state index in [-0.39, 0.29) is 18.4 Å². The maximum atomic E-state index is 12.2. The Labute approximate surface area is 159 Å². The Kier molecular flexibility index (Phi) is 5.37. The van der Waals surface area contributed by atoms with Gasteiger partial charge in [0.15, 0.2) is 0 Å². The van der Waals surface area contributed by atoms with E-state index < -0.39 is 5.41 Å². The summed E-state index contributed by atoms with van der Waals surface area (Å²) in [5.41, 5.74) is 2.19. The first kappa shape index (κ1) is 19.2. The molecule has 2 amide bonds. The molecule has 27 heavy (non-hydrogen) atoms. The standard InChI is InChI=1S/C21H26N2O4/c1-21(2,3)20(25)22-16-7-5-6-14(10-16)18-11-15-12-23(19(24)13-26-4)9-8-17(15)27-18/h5-7,10-11H,8-9,12-13H2,1-4H3,(H,22,25). The average molecular weight is 370 g/mol. The molecule has 3 rings (SSSR count). The van der Waals surface area contributed by atoms with E-state index in [0.717, 1.165) is 28.3 Å². The van der Waals surface area contributed by atoms with Gasteiger partial charge in [-0.2, -0.15) is 0 Å². The molecular weight excluding hydrogens is 344 g/mol. The maximum Gasteiger partial charge on any atom is 0.248 e. The molecule has 0 aliphatic carbocycles. The third-order valence-electron chi connectivity index (χ3n) is 4.57. The van der Waals surface area contributed by atoms with Gasteiger partial charge in [-0.25, -0.2) is 0 Å². The second kappa shape index (κ2) is 7.56. The van der Waals surface area contributed by atoms with Crippen LogP contribution in [0.2, 0.25) is 0 Å². The molecule has 0 fully saturated rings. The zero-order valence-corrected chi connectivity index (χ0v) is 16.3. The Balaban J connectivity index is 1.78. The largest absolute Gasteiger partial charge is 0.461 e. The van der Waals surface area contributed by atoms with Crippen LogP contribution < -0.4 is 5.32 Å². The fourth-order valence-electron chi connectivity index (χ4n) is 2.97. The molecule has 1 aromatic heterocycles. The molecule has 144 valence electrons. The summed E-state index contributed by atoms with van der Waals surface area (Å²) in [6.45, 7) is 6.89. The highest BCUT2D eigenvalue weighted by Crippen LogP contribution is 2.31. The SMILES string of the molecule is COCC(=O)N1CCc2oc(-c3cccc(NC(=O)C(C)(C)C)c3)cc2C1. The van der Waals surface area contributed by atoms with Crippen LogP contribution in [0, 0.1) is 5.41 Å². The van der Waals surface area contributed by atoms with Gasteiger partial charge < -0.3 is 19.4 Å². The number of methoxy groups -OCH3 is 1. The Morgan fingerprint density at radius 1 is 1.26 bits per heavy atom. The number of hydrogen-bond donors (Lipinski definition) is 1. The molecule has 6 nitrogen and oxygen atoms in total. The van der Waals surface area contributed by atoms with Crippen LogP contribution in [0.25, 0.3) is 11.3 Å². The lowest BCUT2D eigenvalue weighted by atomic mass is 9.95. The zero-order chi connectivity index (χ0) is 19.6. The van der Waals surface area contributed by atoms with Crippen molar-refractivity contribution >= 4 is 17.5 Å². The van der Waals surface area contributed by atoms with E-state index >= 15 is 0 Å². The van der Waals surface area contributed by atoms with Crippen molar-refractivity contribution in [3.05, 3.63) is 41.7 Å². The Hall–Kier alpha value is -2.60. The number of rotatable bonds is 4. The summed E-state index contributed by atoms with van der Waals surface area (Å²) in [7, 11) is 1.52. The second-order valence-electron chi connectivity index (χ2n) is 7.84. The van der Waals surface area contributed by atoms with Gasteiger partial charge in [-0.05, 0) is 18.2 Å². The summed E-state index contributed by atoms with van der Waals surface area (Å²) in [4.78, 5) is 26.0. The Morgan fingerprint density at radius 2 is 2.04 bits per heavy atom. The Morgan fingerprint density at radius 3 is 2.74 bits per heavy atom. The number of furan rings is 1. The fourth-order valence-corrected chi connectivity index (χ4v) is 2.97. The number of anilines is 1. The van der Waals surface area contributed by atoms with Crippen LogP contribution >= 0.6 is 0 Å². The van der Waals surface area contributed by atoms with Gasteiger partial charge in [-0.3, -0.25) is 9.59 Å². The van der Waals surface area contributed by atoms with E-state index in [9.17, 15) is 9.59 Å². The highest BCUT2D eigenvalue weighted by Gasteiger charge is 2.25. The number of nitrogens with zero attached hydrogens (tertiary/aromatic N) is 1. The minimum absolute atomic E-state index is 0.0159. The van der Waals surface area contributed by atoms with Crippen molar-refractivity contribution in [2.24, 2.45) is 5.41 Å². The lowest BCUT2D eigenvalue weighted by Gasteiger charge is -2.25. The average Bonchev–Trinajstić information content (AvgIpc) is 3.04. The first-order valence-corrected chi connectivity index (χ1v) is 9.08. The van der Waals surface area contributed by atoms with Crippen molar-refractivity contribution in [3.8, 4) is 11.3 Å². The normalized spacial score (nSPS) is 14.0. The van der Waals surface area contributed by atoms with Gasteiger partial charge in [0.2, 0.25) is 11.8 Å². The number of hydrogen-bond acceptors (Lipinski definition) is 4. The van der Waals surface area contributed by atoms with Gasteiger partial charge in [-0.1, -0.05) is 32.9 Å². The molecule has 0 saturated carbocycles. The second-order valence-corrected chi connectivity index (χ2v) is 7.84. The first-order valence-electron chi connectivity index (χ1n) is 9.08. The van der Waals surface area contributed by atoms with E-state index in [2.05, 4.69) is 5.32 Å². The number of carbonyl (C=O) groups is 2. The van der Waals surface area contributed by atoms with Crippen LogP contribution in [0.4, 0.5) is 5.69 Å². The van der Waals surface area contributed by atoms with Crippen molar-refractivity contribution in [2.75, 3.05) is 25.6 Å². The van der Waals surface area contributed by atoms with Crippen LogP contribution in [0.5, 0.6) is 0 Å². The molecule has 2 heterocycles. The molecule has 0 radical (unpaired) electrons. The van der Waals surface area contributed by atoms with Crippen LogP contribution in [0.3, 0.4) is 0 Å². The third kappa shape index (κ3) is 4.39. The zero-order valence-electron chi connectivity index (χ0n) is 16.3. The molecule has 6 heteroatoms. The summed E-state index contributed by atoms with van der Waals surface area (Å²) in [6, 6.07) is 9.59. The van der Waals surface area contributed by atoms with E-state index in [1.165, 1.54) is 7.11 Å². The van der Waals surface area contributed by atoms with Gasteiger partial charge in [-0.15, -0.1) is 0 Å². The minimum Gasteiger partial charge on any atom is -0.461 e. The quantitative estimate of drug-likeness (QED) is 0.895. The summed E-state index contributed by atoms with van der Waals surface area (Å²) in [5, 5.41) is 2.94. The monoisotopic (exact) mass is 370 g/mol. The van der Waals surface area contributed by atoms with Gasteiger partial charge in [0.1, 0.15) is 18.1 Å². The number of nitrogens with one attached hydrogen (secondary N) is 1. The molecule has 0 unspecified atom stereocenters. The Bertz CT molecular complexity index is 848.